The van der Waals surface area contributed by atoms with Crippen LogP contribution in [0.3, 0.4) is 0 Å². The van der Waals surface area contributed by atoms with Crippen LogP contribution in [0.15, 0.2) is 89.3 Å². The molecule has 0 spiro atoms. The summed E-state index contributed by atoms with van der Waals surface area (Å²) in [4.78, 5) is 4.78. The lowest BCUT2D eigenvalue weighted by Gasteiger charge is -2.19. The Bertz CT molecular complexity index is 1260. The van der Waals surface area contributed by atoms with E-state index in [1.165, 1.54) is 11.1 Å². The zero-order valence-electron chi connectivity index (χ0n) is 16.9. The normalized spacial score (nSPS) is 12.0. The van der Waals surface area contributed by atoms with E-state index < -0.39 is 0 Å². The van der Waals surface area contributed by atoms with Crippen LogP contribution in [0.25, 0.3) is 44.8 Å². The van der Waals surface area contributed by atoms with Crippen LogP contribution in [-0.4, -0.2) is 4.98 Å². The summed E-state index contributed by atoms with van der Waals surface area (Å²) in [7, 11) is 0. The summed E-state index contributed by atoms with van der Waals surface area (Å²) < 4.78 is 6.31. The van der Waals surface area contributed by atoms with Crippen molar-refractivity contribution in [3.05, 3.63) is 90.5 Å². The van der Waals surface area contributed by atoms with E-state index >= 15 is 0 Å². The number of nitrogens with zero attached hydrogens (tertiary/aromatic N) is 1. The molecule has 0 bridgehead atoms. The molecule has 2 nitrogen and oxygen atoms in total. The van der Waals surface area contributed by atoms with Crippen molar-refractivity contribution in [3.63, 3.8) is 0 Å². The van der Waals surface area contributed by atoms with Crippen molar-refractivity contribution < 1.29 is 4.42 Å². The highest BCUT2D eigenvalue weighted by Crippen LogP contribution is 2.42. The van der Waals surface area contributed by atoms with Crippen molar-refractivity contribution in [3.8, 4) is 33.9 Å². The van der Waals surface area contributed by atoms with Gasteiger partial charge in [0.05, 0.1) is 11.1 Å². The maximum Gasteiger partial charge on any atom is 0.228 e. The van der Waals surface area contributed by atoms with Gasteiger partial charge in [-0.2, -0.15) is 0 Å². The van der Waals surface area contributed by atoms with Crippen LogP contribution < -0.4 is 0 Å². The summed E-state index contributed by atoms with van der Waals surface area (Å²) in [5.41, 5.74) is 6.84. The lowest BCUT2D eigenvalue weighted by atomic mass is 9.86. The molecule has 0 amide bonds. The minimum Gasteiger partial charge on any atom is -0.438 e. The molecule has 0 fully saturated rings. The molecule has 29 heavy (non-hydrogen) atoms. The first-order valence-corrected chi connectivity index (χ1v) is 9.99. The largest absolute Gasteiger partial charge is 0.438 e. The average molecular weight is 377 g/mol. The van der Waals surface area contributed by atoms with Crippen LogP contribution in [0.5, 0.6) is 0 Å². The second-order valence-corrected chi connectivity index (χ2v) is 8.53. The lowest BCUT2D eigenvalue weighted by molar-refractivity contribution is 0.568. The molecule has 3 aromatic carbocycles. The highest BCUT2D eigenvalue weighted by atomic mass is 16.3. The summed E-state index contributed by atoms with van der Waals surface area (Å²) >= 11 is 0. The van der Waals surface area contributed by atoms with Gasteiger partial charge in [0.15, 0.2) is 0 Å². The Balaban J connectivity index is 1.75. The van der Waals surface area contributed by atoms with Crippen LogP contribution in [0.2, 0.25) is 0 Å². The van der Waals surface area contributed by atoms with Crippen molar-refractivity contribution in [2.75, 3.05) is 0 Å². The van der Waals surface area contributed by atoms with E-state index in [4.69, 9.17) is 9.40 Å². The first-order valence-electron chi connectivity index (χ1n) is 9.99. The van der Waals surface area contributed by atoms with E-state index in [1.54, 1.807) is 0 Å². The Hall–Kier alpha value is -3.39. The summed E-state index contributed by atoms with van der Waals surface area (Å²) in [6.45, 7) is 6.68. The molecule has 0 radical (unpaired) electrons. The maximum atomic E-state index is 6.31. The molecular formula is C27H23NO. The second kappa shape index (κ2) is 6.59. The topological polar surface area (TPSA) is 26.0 Å². The van der Waals surface area contributed by atoms with E-state index in [2.05, 4.69) is 87.5 Å². The van der Waals surface area contributed by atoms with E-state index in [0.717, 1.165) is 33.4 Å². The molecule has 0 unspecified atom stereocenters. The summed E-state index contributed by atoms with van der Waals surface area (Å²) in [5, 5.41) is 1.12. The monoisotopic (exact) mass is 377 g/mol. The lowest BCUT2D eigenvalue weighted by Crippen LogP contribution is -2.10. The van der Waals surface area contributed by atoms with Gasteiger partial charge in [0.25, 0.3) is 0 Å². The van der Waals surface area contributed by atoms with Gasteiger partial charge in [-0.25, -0.2) is 4.98 Å². The van der Waals surface area contributed by atoms with Gasteiger partial charge in [-0.3, -0.25) is 0 Å². The molecule has 0 aliphatic carbocycles. The SMILES string of the molecule is CC(C)(C)c1ccc(-c2cc(-c3ccccc3)c3c4ccccc4nc-3o2)cc1. The van der Waals surface area contributed by atoms with Gasteiger partial charge in [0, 0.05) is 10.9 Å². The molecule has 0 aromatic heterocycles. The quantitative estimate of drug-likeness (QED) is 0.317. The van der Waals surface area contributed by atoms with Gasteiger partial charge < -0.3 is 4.42 Å². The number of rotatable bonds is 2. The van der Waals surface area contributed by atoms with Crippen LogP contribution in [0.1, 0.15) is 26.3 Å². The number of aromatic nitrogens is 1. The van der Waals surface area contributed by atoms with Crippen molar-refractivity contribution in [2.45, 2.75) is 26.2 Å². The minimum atomic E-state index is 0.125. The Labute approximate surface area is 171 Å². The van der Waals surface area contributed by atoms with E-state index in [9.17, 15) is 0 Å². The van der Waals surface area contributed by atoms with Crippen LogP contribution in [0.4, 0.5) is 0 Å². The molecular weight excluding hydrogens is 354 g/mol. The van der Waals surface area contributed by atoms with E-state index in [-0.39, 0.29) is 5.41 Å². The molecule has 5 rings (SSSR count). The van der Waals surface area contributed by atoms with Gasteiger partial charge >= 0.3 is 0 Å². The number of fused-ring (bicyclic) bond motifs is 3. The molecule has 0 saturated carbocycles. The van der Waals surface area contributed by atoms with Gasteiger partial charge in [-0.1, -0.05) is 93.6 Å². The minimum absolute atomic E-state index is 0.125. The molecule has 0 N–H and O–H groups in total. The van der Waals surface area contributed by atoms with Crippen LogP contribution >= 0.6 is 0 Å². The first-order chi connectivity index (χ1) is 14.0. The zero-order valence-corrected chi connectivity index (χ0v) is 16.9. The molecule has 2 aliphatic rings. The predicted molar refractivity (Wildman–Crippen MR) is 120 cm³/mol. The molecule has 2 aliphatic heterocycles. The van der Waals surface area contributed by atoms with Gasteiger partial charge in [-0.15, -0.1) is 0 Å². The summed E-state index contributed by atoms with van der Waals surface area (Å²) in [6, 6.07) is 29.5. The number of hydrogen-bond acceptors (Lipinski definition) is 2. The fourth-order valence-electron chi connectivity index (χ4n) is 3.86. The maximum absolute atomic E-state index is 6.31. The second-order valence-electron chi connectivity index (χ2n) is 8.53. The standard InChI is InChI=1S/C27H23NO/c1-27(2,3)20-15-13-19(14-16-20)24-17-22(18-9-5-4-6-10-18)25-21-11-7-8-12-23(21)28-26(25)29-24/h4-17H,1-3H3. The zero-order chi connectivity index (χ0) is 20.0. The van der Waals surface area contributed by atoms with Crippen molar-refractivity contribution in [1.82, 2.24) is 4.98 Å². The molecule has 2 heteroatoms. The van der Waals surface area contributed by atoms with Crippen LogP contribution in [0, 0.1) is 0 Å². The van der Waals surface area contributed by atoms with Crippen LogP contribution in [-0.2, 0) is 5.41 Å². The summed E-state index contributed by atoms with van der Waals surface area (Å²) in [6.07, 6.45) is 0. The summed E-state index contributed by atoms with van der Waals surface area (Å²) in [5.74, 6) is 1.52. The molecule has 0 saturated heterocycles. The predicted octanol–water partition coefficient (Wildman–Crippen LogP) is 7.56. The van der Waals surface area contributed by atoms with Gasteiger partial charge in [0.2, 0.25) is 5.89 Å². The number of para-hydroxylation sites is 1. The Kier molecular flexibility index (Phi) is 4.02. The number of hydrogen-bond donors (Lipinski definition) is 0. The highest BCUT2D eigenvalue weighted by molar-refractivity contribution is 6.03. The Morgan fingerprint density at radius 2 is 1.41 bits per heavy atom. The van der Waals surface area contributed by atoms with E-state index in [1.807, 2.05) is 18.2 Å². The van der Waals surface area contributed by atoms with Crippen molar-refractivity contribution in [1.29, 1.82) is 0 Å². The van der Waals surface area contributed by atoms with Gasteiger partial charge in [0.1, 0.15) is 5.76 Å². The van der Waals surface area contributed by atoms with Crippen molar-refractivity contribution in [2.24, 2.45) is 0 Å². The smallest absolute Gasteiger partial charge is 0.228 e. The molecule has 2 heterocycles. The highest BCUT2D eigenvalue weighted by Gasteiger charge is 2.22. The number of benzene rings is 3. The fourth-order valence-corrected chi connectivity index (χ4v) is 3.86. The Morgan fingerprint density at radius 1 is 0.724 bits per heavy atom. The van der Waals surface area contributed by atoms with Crippen molar-refractivity contribution >= 4 is 10.9 Å². The van der Waals surface area contributed by atoms with Gasteiger partial charge in [-0.05, 0) is 34.2 Å². The third kappa shape index (κ3) is 3.11. The first kappa shape index (κ1) is 17.7. The Morgan fingerprint density at radius 3 is 2.14 bits per heavy atom. The van der Waals surface area contributed by atoms with E-state index in [0.29, 0.717) is 5.89 Å². The average Bonchev–Trinajstić information content (AvgIpc) is 3.12. The third-order valence-corrected chi connectivity index (χ3v) is 5.48. The molecule has 0 atom stereocenters. The molecule has 142 valence electrons. The fraction of sp³-hybridized carbons (Fsp3) is 0.148. The molecule has 3 aromatic rings. The third-order valence-electron chi connectivity index (χ3n) is 5.48.